The van der Waals surface area contributed by atoms with E-state index in [0.717, 1.165) is 60.9 Å². The van der Waals surface area contributed by atoms with Gasteiger partial charge in [0.2, 0.25) is 0 Å². The predicted molar refractivity (Wildman–Crippen MR) is 103 cm³/mol. The number of morpholine rings is 1. The molecule has 0 bridgehead atoms. The lowest BCUT2D eigenvalue weighted by atomic mass is 9.93. The summed E-state index contributed by atoms with van der Waals surface area (Å²) in [6, 6.07) is 13.7. The SMILES string of the molecule is COC(=O)c1ccc2c(c1)/C(=C/CN1CCOCC1)c1ccccc1CO2. The molecule has 0 N–H and O–H groups in total. The summed E-state index contributed by atoms with van der Waals surface area (Å²) >= 11 is 0. The van der Waals surface area contributed by atoms with Crippen LogP contribution in [-0.2, 0) is 16.1 Å². The standard InChI is InChI=1S/C22H23NO4/c1-25-22(24)16-6-7-21-20(14-16)19(8-9-23-10-12-26-13-11-23)18-5-3-2-4-17(18)15-27-21/h2-8,14H,9-13,15H2,1H3/b19-8+. The molecule has 1 saturated heterocycles. The van der Waals surface area contributed by atoms with Gasteiger partial charge in [0, 0.05) is 25.2 Å². The number of esters is 1. The topological polar surface area (TPSA) is 48.0 Å². The second kappa shape index (κ2) is 7.94. The van der Waals surface area contributed by atoms with Crippen molar-refractivity contribution in [3.63, 3.8) is 0 Å². The highest BCUT2D eigenvalue weighted by Crippen LogP contribution is 2.37. The van der Waals surface area contributed by atoms with E-state index in [9.17, 15) is 4.79 Å². The molecule has 0 aliphatic carbocycles. The van der Waals surface area contributed by atoms with E-state index in [4.69, 9.17) is 14.2 Å². The van der Waals surface area contributed by atoms with Crippen LogP contribution in [0, 0.1) is 0 Å². The number of carbonyl (C=O) groups excluding carboxylic acids is 1. The number of carbonyl (C=O) groups is 1. The van der Waals surface area contributed by atoms with Crippen LogP contribution in [0.2, 0.25) is 0 Å². The lowest BCUT2D eigenvalue weighted by Crippen LogP contribution is -2.36. The highest BCUT2D eigenvalue weighted by atomic mass is 16.5. The maximum absolute atomic E-state index is 12.0. The van der Waals surface area contributed by atoms with Crippen molar-refractivity contribution in [1.29, 1.82) is 0 Å². The first-order valence-corrected chi connectivity index (χ1v) is 9.20. The summed E-state index contributed by atoms with van der Waals surface area (Å²) in [7, 11) is 1.40. The Hall–Kier alpha value is -2.63. The number of ether oxygens (including phenoxy) is 3. The number of fused-ring (bicyclic) bond motifs is 2. The van der Waals surface area contributed by atoms with Crippen LogP contribution in [0.15, 0.2) is 48.5 Å². The Bertz CT molecular complexity index is 868. The Balaban J connectivity index is 1.78. The lowest BCUT2D eigenvalue weighted by Gasteiger charge is -2.25. The second-order valence-corrected chi connectivity index (χ2v) is 6.68. The summed E-state index contributed by atoms with van der Waals surface area (Å²) < 4.78 is 16.4. The van der Waals surface area contributed by atoms with Crippen molar-refractivity contribution in [3.05, 3.63) is 70.8 Å². The number of hydrogen-bond acceptors (Lipinski definition) is 5. The van der Waals surface area contributed by atoms with Gasteiger partial charge >= 0.3 is 5.97 Å². The molecule has 0 radical (unpaired) electrons. The van der Waals surface area contributed by atoms with Gasteiger partial charge in [-0.2, -0.15) is 0 Å². The first-order valence-electron chi connectivity index (χ1n) is 9.20. The van der Waals surface area contributed by atoms with Gasteiger partial charge in [-0.1, -0.05) is 30.3 Å². The van der Waals surface area contributed by atoms with Crippen LogP contribution in [0.4, 0.5) is 0 Å². The molecule has 27 heavy (non-hydrogen) atoms. The average molecular weight is 365 g/mol. The highest BCUT2D eigenvalue weighted by Gasteiger charge is 2.21. The van der Waals surface area contributed by atoms with E-state index >= 15 is 0 Å². The minimum atomic E-state index is -0.345. The van der Waals surface area contributed by atoms with E-state index in [2.05, 4.69) is 23.1 Å². The van der Waals surface area contributed by atoms with Gasteiger partial charge in [-0.05, 0) is 34.9 Å². The minimum Gasteiger partial charge on any atom is -0.488 e. The van der Waals surface area contributed by atoms with E-state index < -0.39 is 0 Å². The third-order valence-corrected chi connectivity index (χ3v) is 5.04. The van der Waals surface area contributed by atoms with Gasteiger partial charge in [0.25, 0.3) is 0 Å². The first-order chi connectivity index (χ1) is 13.3. The fraction of sp³-hybridized carbons (Fsp3) is 0.318. The van der Waals surface area contributed by atoms with Crippen molar-refractivity contribution in [1.82, 2.24) is 4.90 Å². The van der Waals surface area contributed by atoms with Gasteiger partial charge in [-0.25, -0.2) is 4.79 Å². The van der Waals surface area contributed by atoms with Gasteiger partial charge < -0.3 is 14.2 Å². The third-order valence-electron chi connectivity index (χ3n) is 5.04. The van der Waals surface area contributed by atoms with Crippen LogP contribution in [0.5, 0.6) is 5.75 Å². The molecular formula is C22H23NO4. The van der Waals surface area contributed by atoms with Gasteiger partial charge in [-0.3, -0.25) is 4.90 Å². The fourth-order valence-electron chi connectivity index (χ4n) is 3.54. The molecule has 2 aliphatic heterocycles. The molecule has 1 fully saturated rings. The Morgan fingerprint density at radius 2 is 1.96 bits per heavy atom. The zero-order valence-electron chi connectivity index (χ0n) is 15.4. The van der Waals surface area contributed by atoms with Crippen molar-refractivity contribution < 1.29 is 19.0 Å². The van der Waals surface area contributed by atoms with Crippen molar-refractivity contribution >= 4 is 11.5 Å². The Labute approximate surface area is 159 Å². The summed E-state index contributed by atoms with van der Waals surface area (Å²) in [6.45, 7) is 4.73. The summed E-state index contributed by atoms with van der Waals surface area (Å²) in [5.74, 6) is 0.440. The molecular weight excluding hydrogens is 342 g/mol. The quantitative estimate of drug-likeness (QED) is 0.782. The van der Waals surface area contributed by atoms with Crippen LogP contribution in [-0.4, -0.2) is 50.8 Å². The number of rotatable bonds is 3. The van der Waals surface area contributed by atoms with E-state index in [1.165, 1.54) is 7.11 Å². The molecule has 5 nitrogen and oxygen atoms in total. The van der Waals surface area contributed by atoms with E-state index in [1.54, 1.807) is 6.07 Å². The summed E-state index contributed by atoms with van der Waals surface area (Å²) in [4.78, 5) is 14.4. The van der Waals surface area contributed by atoms with Gasteiger partial charge in [0.1, 0.15) is 12.4 Å². The largest absolute Gasteiger partial charge is 0.488 e. The Morgan fingerprint density at radius 1 is 1.15 bits per heavy atom. The summed E-state index contributed by atoms with van der Waals surface area (Å²) in [5.41, 5.74) is 4.83. The smallest absolute Gasteiger partial charge is 0.337 e. The van der Waals surface area contributed by atoms with Crippen molar-refractivity contribution in [2.45, 2.75) is 6.61 Å². The number of nitrogens with zero attached hydrogens (tertiary/aromatic N) is 1. The summed E-state index contributed by atoms with van der Waals surface area (Å²) in [6.07, 6.45) is 2.23. The average Bonchev–Trinajstić information content (AvgIpc) is 2.88. The van der Waals surface area contributed by atoms with Crippen molar-refractivity contribution in [2.24, 2.45) is 0 Å². The maximum atomic E-state index is 12.0. The molecule has 4 rings (SSSR count). The third kappa shape index (κ3) is 3.75. The van der Waals surface area contributed by atoms with Gasteiger partial charge in [-0.15, -0.1) is 0 Å². The molecule has 0 spiro atoms. The fourth-order valence-corrected chi connectivity index (χ4v) is 3.54. The van der Waals surface area contributed by atoms with Gasteiger partial charge in [0.15, 0.2) is 0 Å². The van der Waals surface area contributed by atoms with Crippen LogP contribution < -0.4 is 4.74 Å². The molecule has 0 atom stereocenters. The minimum absolute atomic E-state index is 0.345. The molecule has 5 heteroatoms. The molecule has 2 aromatic carbocycles. The van der Waals surface area contributed by atoms with Crippen molar-refractivity contribution in [3.8, 4) is 5.75 Å². The van der Waals surface area contributed by atoms with Crippen LogP contribution in [0.1, 0.15) is 27.0 Å². The molecule has 2 heterocycles. The zero-order valence-corrected chi connectivity index (χ0v) is 15.4. The molecule has 0 saturated carbocycles. The number of methoxy groups -OCH3 is 1. The Kier molecular flexibility index (Phi) is 5.23. The molecule has 140 valence electrons. The normalized spacial score (nSPS) is 18.2. The molecule has 0 aromatic heterocycles. The van der Waals surface area contributed by atoms with Crippen LogP contribution in [0.25, 0.3) is 5.57 Å². The van der Waals surface area contributed by atoms with Crippen LogP contribution >= 0.6 is 0 Å². The predicted octanol–water partition coefficient (Wildman–Crippen LogP) is 3.13. The van der Waals surface area contributed by atoms with Crippen LogP contribution in [0.3, 0.4) is 0 Å². The Morgan fingerprint density at radius 3 is 2.78 bits per heavy atom. The second-order valence-electron chi connectivity index (χ2n) is 6.68. The summed E-state index contributed by atoms with van der Waals surface area (Å²) in [5, 5.41) is 0. The monoisotopic (exact) mass is 365 g/mol. The zero-order chi connectivity index (χ0) is 18.6. The first kappa shape index (κ1) is 17.8. The van der Waals surface area contributed by atoms with E-state index in [-0.39, 0.29) is 5.97 Å². The molecule has 2 aliphatic rings. The molecule has 0 amide bonds. The highest BCUT2D eigenvalue weighted by molar-refractivity contribution is 5.93. The number of benzene rings is 2. The molecule has 2 aromatic rings. The maximum Gasteiger partial charge on any atom is 0.337 e. The van der Waals surface area contributed by atoms with E-state index in [0.29, 0.717) is 12.2 Å². The van der Waals surface area contributed by atoms with Crippen molar-refractivity contribution in [2.75, 3.05) is 40.0 Å². The lowest BCUT2D eigenvalue weighted by molar-refractivity contribution is 0.0435. The number of hydrogen-bond donors (Lipinski definition) is 0. The van der Waals surface area contributed by atoms with Gasteiger partial charge in [0.05, 0.1) is 25.9 Å². The molecule has 0 unspecified atom stereocenters. The van der Waals surface area contributed by atoms with E-state index in [1.807, 2.05) is 24.3 Å².